The minimum atomic E-state index is -1.46. The highest BCUT2D eigenvalue weighted by atomic mass is 16.4. The van der Waals surface area contributed by atoms with Crippen LogP contribution in [0.1, 0.15) is 40.6 Å². The molecule has 0 radical (unpaired) electrons. The standard InChI is InChI=1S/C10H14N2O4/c1-4-6-11(3)7(9(13)14)8(10(15)16)12(6)5-2/h4-5H2,1-3H3,(H-,13,14,15,16). The second-order valence-corrected chi connectivity index (χ2v) is 3.36. The molecule has 0 spiro atoms. The third-order valence-electron chi connectivity index (χ3n) is 2.56. The zero-order valence-electron chi connectivity index (χ0n) is 9.48. The Labute approximate surface area is 92.7 Å². The van der Waals surface area contributed by atoms with Gasteiger partial charge in [-0.2, -0.15) is 0 Å². The van der Waals surface area contributed by atoms with E-state index >= 15 is 0 Å². The van der Waals surface area contributed by atoms with E-state index < -0.39 is 11.9 Å². The van der Waals surface area contributed by atoms with Crippen molar-refractivity contribution < 1.29 is 24.4 Å². The quantitative estimate of drug-likeness (QED) is 0.664. The highest BCUT2D eigenvalue weighted by Gasteiger charge is 2.31. The van der Waals surface area contributed by atoms with Crippen molar-refractivity contribution in [1.82, 2.24) is 4.57 Å². The summed E-state index contributed by atoms with van der Waals surface area (Å²) in [4.78, 5) is 22.0. The molecule has 0 aliphatic rings. The van der Waals surface area contributed by atoms with E-state index in [1.807, 2.05) is 6.92 Å². The molecule has 1 rings (SSSR count). The molecule has 1 heterocycles. The van der Waals surface area contributed by atoms with Gasteiger partial charge in [-0.15, -0.1) is 0 Å². The van der Waals surface area contributed by atoms with Gasteiger partial charge in [-0.25, -0.2) is 13.9 Å². The molecule has 0 bridgehead atoms. The molecule has 1 aromatic rings. The van der Waals surface area contributed by atoms with Gasteiger partial charge in [0.2, 0.25) is 5.69 Å². The monoisotopic (exact) mass is 226 g/mol. The molecular weight excluding hydrogens is 212 g/mol. The third-order valence-corrected chi connectivity index (χ3v) is 2.56. The molecule has 1 N–H and O–H groups in total. The van der Waals surface area contributed by atoms with Gasteiger partial charge in [-0.1, -0.05) is 6.92 Å². The molecule has 0 unspecified atom stereocenters. The number of imidazole rings is 1. The van der Waals surface area contributed by atoms with E-state index in [2.05, 4.69) is 0 Å². The maximum atomic E-state index is 11.0. The number of carbonyl (C=O) groups excluding carboxylic acids is 1. The van der Waals surface area contributed by atoms with Gasteiger partial charge in [0.15, 0.2) is 0 Å². The fourth-order valence-electron chi connectivity index (χ4n) is 1.95. The summed E-state index contributed by atoms with van der Waals surface area (Å²) in [6.07, 6.45) is 0.553. The molecule has 0 atom stereocenters. The van der Waals surface area contributed by atoms with Crippen LogP contribution < -0.4 is 9.67 Å². The number of aromatic carboxylic acids is 2. The normalized spacial score (nSPS) is 10.4. The number of hydrogen-bond donors (Lipinski definition) is 1. The van der Waals surface area contributed by atoms with Crippen LogP contribution in [-0.2, 0) is 20.0 Å². The van der Waals surface area contributed by atoms with Crippen molar-refractivity contribution in [2.75, 3.05) is 0 Å². The van der Waals surface area contributed by atoms with Crippen molar-refractivity contribution in [3.8, 4) is 0 Å². The molecule has 0 saturated carbocycles. The first-order chi connectivity index (χ1) is 7.45. The molecule has 0 saturated heterocycles. The SMILES string of the molecule is CCc1n(CC)c(C(=O)[O-])c(C(=O)O)[n+]1C. The van der Waals surface area contributed by atoms with Crippen LogP contribution in [-0.4, -0.2) is 21.6 Å². The van der Waals surface area contributed by atoms with E-state index in [0.29, 0.717) is 18.8 Å². The lowest BCUT2D eigenvalue weighted by molar-refractivity contribution is -0.681. The van der Waals surface area contributed by atoms with Crippen molar-refractivity contribution in [3.63, 3.8) is 0 Å². The van der Waals surface area contributed by atoms with Crippen molar-refractivity contribution >= 4 is 11.9 Å². The number of carboxylic acids is 2. The van der Waals surface area contributed by atoms with Crippen LogP contribution in [0.15, 0.2) is 0 Å². The molecular formula is C10H14N2O4. The van der Waals surface area contributed by atoms with Gasteiger partial charge in [-0.05, 0) is 6.92 Å². The number of rotatable bonds is 4. The molecule has 1 aromatic heterocycles. The minimum absolute atomic E-state index is 0.237. The highest BCUT2D eigenvalue weighted by molar-refractivity contribution is 5.97. The van der Waals surface area contributed by atoms with E-state index in [-0.39, 0.29) is 11.4 Å². The molecule has 6 nitrogen and oxygen atoms in total. The van der Waals surface area contributed by atoms with Crippen molar-refractivity contribution in [1.29, 1.82) is 0 Å². The minimum Gasteiger partial charge on any atom is -0.541 e. The van der Waals surface area contributed by atoms with E-state index in [4.69, 9.17) is 5.11 Å². The number of carboxylic acid groups (broad SMARTS) is 2. The van der Waals surface area contributed by atoms with Gasteiger partial charge >= 0.3 is 5.97 Å². The fourth-order valence-corrected chi connectivity index (χ4v) is 1.95. The lowest BCUT2D eigenvalue weighted by Crippen LogP contribution is -2.39. The first-order valence-electron chi connectivity index (χ1n) is 5.01. The molecule has 16 heavy (non-hydrogen) atoms. The lowest BCUT2D eigenvalue weighted by atomic mass is 10.3. The summed E-state index contributed by atoms with van der Waals surface area (Å²) >= 11 is 0. The van der Waals surface area contributed by atoms with Gasteiger partial charge in [0.25, 0.3) is 11.5 Å². The van der Waals surface area contributed by atoms with E-state index in [1.165, 1.54) is 9.13 Å². The zero-order chi connectivity index (χ0) is 12.5. The second kappa shape index (κ2) is 4.34. The Kier molecular flexibility index (Phi) is 3.31. The first-order valence-corrected chi connectivity index (χ1v) is 5.01. The van der Waals surface area contributed by atoms with Crippen molar-refractivity contribution in [3.05, 3.63) is 17.2 Å². The Morgan fingerprint density at radius 3 is 2.31 bits per heavy atom. The lowest BCUT2D eigenvalue weighted by Gasteiger charge is -2.01. The molecule has 0 amide bonds. The maximum Gasteiger partial charge on any atom is 0.380 e. The Bertz CT molecular complexity index is 448. The summed E-state index contributed by atoms with van der Waals surface area (Å²) in [5.74, 6) is -2.07. The summed E-state index contributed by atoms with van der Waals surface area (Å²) in [6.45, 7) is 4.00. The summed E-state index contributed by atoms with van der Waals surface area (Å²) in [7, 11) is 1.54. The highest BCUT2D eigenvalue weighted by Crippen LogP contribution is 2.10. The van der Waals surface area contributed by atoms with Gasteiger partial charge in [0, 0.05) is 6.42 Å². The van der Waals surface area contributed by atoms with Crippen molar-refractivity contribution in [2.45, 2.75) is 26.8 Å². The van der Waals surface area contributed by atoms with Crippen LogP contribution in [0.25, 0.3) is 0 Å². The van der Waals surface area contributed by atoms with E-state index in [1.54, 1.807) is 14.0 Å². The molecule has 88 valence electrons. The predicted octanol–water partition coefficient (Wildman–Crippen LogP) is -1.04. The second-order valence-electron chi connectivity index (χ2n) is 3.36. The fraction of sp³-hybridized carbons (Fsp3) is 0.500. The summed E-state index contributed by atoms with van der Waals surface area (Å²) in [5.41, 5.74) is -0.506. The number of nitrogens with zero attached hydrogens (tertiary/aromatic N) is 2. The zero-order valence-corrected chi connectivity index (χ0v) is 9.48. The summed E-state index contributed by atoms with van der Waals surface area (Å²) in [6, 6.07) is 0. The van der Waals surface area contributed by atoms with Gasteiger partial charge in [0.1, 0.15) is 5.97 Å². The topological polar surface area (TPSA) is 86.2 Å². The average Bonchev–Trinajstić information content (AvgIpc) is 2.50. The van der Waals surface area contributed by atoms with Gasteiger partial charge in [0.05, 0.1) is 13.6 Å². The van der Waals surface area contributed by atoms with Crippen LogP contribution in [0.5, 0.6) is 0 Å². The molecule has 0 fully saturated rings. The Balaban J connectivity index is 3.65. The van der Waals surface area contributed by atoms with Crippen LogP contribution in [0.2, 0.25) is 0 Å². The Hall–Kier alpha value is -1.85. The largest absolute Gasteiger partial charge is 0.541 e. The first kappa shape index (κ1) is 12.2. The van der Waals surface area contributed by atoms with Crippen molar-refractivity contribution in [2.24, 2.45) is 7.05 Å². The number of aromatic nitrogens is 2. The molecule has 0 aliphatic heterocycles. The van der Waals surface area contributed by atoms with E-state index in [9.17, 15) is 14.7 Å². The van der Waals surface area contributed by atoms with Gasteiger partial charge in [-0.3, -0.25) is 0 Å². The maximum absolute atomic E-state index is 11.0. The van der Waals surface area contributed by atoms with Gasteiger partial charge < -0.3 is 15.0 Å². The van der Waals surface area contributed by atoms with Crippen LogP contribution in [0.4, 0.5) is 0 Å². The van der Waals surface area contributed by atoms with Crippen LogP contribution in [0, 0.1) is 0 Å². The molecule has 6 heteroatoms. The van der Waals surface area contributed by atoms with Crippen LogP contribution >= 0.6 is 0 Å². The Morgan fingerprint density at radius 2 is 2.00 bits per heavy atom. The molecule has 0 aliphatic carbocycles. The number of carbonyl (C=O) groups is 2. The smallest absolute Gasteiger partial charge is 0.380 e. The summed E-state index contributed by atoms with van der Waals surface area (Å²) < 4.78 is 2.84. The molecule has 0 aromatic carbocycles. The summed E-state index contributed by atoms with van der Waals surface area (Å²) in [5, 5.41) is 20.0. The average molecular weight is 226 g/mol. The Morgan fingerprint density at radius 1 is 1.44 bits per heavy atom. The van der Waals surface area contributed by atoms with E-state index in [0.717, 1.165) is 0 Å². The predicted molar refractivity (Wildman–Crippen MR) is 51.9 cm³/mol. The number of hydrogen-bond acceptors (Lipinski definition) is 3. The van der Waals surface area contributed by atoms with Crippen LogP contribution in [0.3, 0.4) is 0 Å². The third kappa shape index (κ3) is 1.66.